The van der Waals surface area contributed by atoms with E-state index in [-0.39, 0.29) is 0 Å². The van der Waals surface area contributed by atoms with Crippen LogP contribution in [0.2, 0.25) is 0 Å². The van der Waals surface area contributed by atoms with Gasteiger partial charge in [-0.2, -0.15) is 8.42 Å². The first-order valence-electron chi connectivity index (χ1n) is 5.62. The minimum atomic E-state index is -5.22. The number of halogens is 4. The molecule has 2 aromatic carbocycles. The summed E-state index contributed by atoms with van der Waals surface area (Å²) >= 11 is -3.45. The van der Waals surface area contributed by atoms with E-state index >= 15 is 0 Å². The largest absolute Gasteiger partial charge is 0.540 e. The Morgan fingerprint density at radius 1 is 0.810 bits per heavy atom. The minimum absolute atomic E-state index is 0.358. The van der Waals surface area contributed by atoms with Crippen molar-refractivity contribution in [3.63, 3.8) is 0 Å². The van der Waals surface area contributed by atoms with E-state index in [1.54, 1.807) is 36.4 Å². The zero-order valence-electron chi connectivity index (χ0n) is 10.4. The van der Waals surface area contributed by atoms with Crippen LogP contribution < -0.4 is 18.4 Å². The van der Waals surface area contributed by atoms with E-state index in [0.717, 1.165) is 0 Å². The highest BCUT2D eigenvalue weighted by atomic mass is 127. The summed E-state index contributed by atoms with van der Waals surface area (Å²) in [5.74, 6) is 0. The fraction of sp³-hybridized carbons (Fsp3) is 0.0769. The highest BCUT2D eigenvalue weighted by molar-refractivity contribution is 7.80. The average molecular weight is 430 g/mol. The summed E-state index contributed by atoms with van der Waals surface area (Å²) in [4.78, 5) is 0. The van der Waals surface area contributed by atoms with Crippen LogP contribution in [-0.4, -0.2) is 14.8 Å². The molecule has 2 rings (SSSR count). The van der Waals surface area contributed by atoms with Gasteiger partial charge in [0, 0.05) is 0 Å². The molecule has 0 aromatic heterocycles. The Balaban J connectivity index is 2.53. The first kappa shape index (κ1) is 16.2. The molecule has 8 heteroatoms. The van der Waals surface area contributed by atoms with E-state index in [0.29, 0.717) is 7.14 Å². The van der Waals surface area contributed by atoms with Crippen LogP contribution in [0.5, 0.6) is 0 Å². The summed E-state index contributed by atoms with van der Waals surface area (Å²) in [5, 5.41) is 0. The van der Waals surface area contributed by atoms with Gasteiger partial charge in [0.15, 0.2) is 7.14 Å². The first-order valence-corrected chi connectivity index (χ1v) is 11.7. The van der Waals surface area contributed by atoms with Gasteiger partial charge in [-0.1, -0.05) is 36.4 Å². The first-order chi connectivity index (χ1) is 9.80. The quantitative estimate of drug-likeness (QED) is 0.512. The summed E-state index contributed by atoms with van der Waals surface area (Å²) < 4.78 is 65.4. The molecule has 0 N–H and O–H groups in total. The second-order valence-corrected chi connectivity index (χ2v) is 13.9. The molecule has 0 heterocycles. The van der Waals surface area contributed by atoms with Gasteiger partial charge in [-0.3, -0.25) is 0 Å². The lowest BCUT2D eigenvalue weighted by Gasteiger charge is -2.08. The summed E-state index contributed by atoms with van der Waals surface area (Å²) in [5.41, 5.74) is 0. The molecule has 0 unspecified atom stereocenters. The average Bonchev–Trinajstić information content (AvgIpc) is 2.38. The van der Waals surface area contributed by atoms with Crippen LogP contribution in [0.25, 0.3) is 0 Å². The molecule has 0 spiro atoms. The van der Waals surface area contributed by atoms with Gasteiger partial charge in [-0.05, 0) is 24.3 Å². The third-order valence-electron chi connectivity index (χ3n) is 2.25. The van der Waals surface area contributed by atoms with Gasteiger partial charge in [-0.25, -0.2) is 0 Å². The number of hydrogen-bond acceptors (Lipinski definition) is 3. The Labute approximate surface area is 125 Å². The normalized spacial score (nSPS) is 12.6. The molecule has 0 aliphatic heterocycles. The maximum Gasteiger partial charge on any atom is 0.540 e. The second-order valence-electron chi connectivity index (χ2n) is 3.76. The molecular formula is C13H10F3IO3S+. The van der Waals surface area contributed by atoms with Gasteiger partial charge in [-0.15, -0.1) is 17.4 Å². The van der Waals surface area contributed by atoms with E-state index in [2.05, 4.69) is 4.18 Å². The fourth-order valence-corrected chi connectivity index (χ4v) is 11.4. The Morgan fingerprint density at radius 2 is 1.19 bits per heavy atom. The summed E-state index contributed by atoms with van der Waals surface area (Å²) in [6.07, 6.45) is -5.22. The third kappa shape index (κ3) is 4.42. The zero-order chi connectivity index (χ0) is 15.5. The molecule has 21 heavy (non-hydrogen) atoms. The predicted octanol–water partition coefficient (Wildman–Crippen LogP) is 0.132. The minimum Gasteiger partial charge on any atom is -0.154 e. The van der Waals surface area contributed by atoms with Crippen LogP contribution in [0.15, 0.2) is 60.7 Å². The van der Waals surface area contributed by atoms with E-state index in [1.807, 2.05) is 0 Å². The van der Waals surface area contributed by atoms with Gasteiger partial charge in [0.2, 0.25) is 0 Å². The van der Waals surface area contributed by atoms with Crippen molar-refractivity contribution in [3.05, 3.63) is 67.8 Å². The second kappa shape index (κ2) is 6.32. The van der Waals surface area contributed by atoms with Gasteiger partial charge >= 0.3 is 13.7 Å². The molecule has 0 aliphatic rings. The number of alkyl halides is 3. The van der Waals surface area contributed by atoms with Crippen molar-refractivity contribution in [2.24, 2.45) is 0 Å². The highest BCUT2D eigenvalue weighted by Crippen LogP contribution is 2.17. The van der Waals surface area contributed by atoms with Crippen LogP contribution >= 0.6 is 0 Å². The van der Waals surface area contributed by atoms with Crippen molar-refractivity contribution in [1.29, 1.82) is 0 Å². The zero-order valence-corrected chi connectivity index (χ0v) is 13.4. The van der Waals surface area contributed by atoms with Crippen molar-refractivity contribution >= 4 is 7.29 Å². The van der Waals surface area contributed by atoms with Gasteiger partial charge < -0.3 is 0 Å². The molecule has 0 amide bonds. The lowest BCUT2D eigenvalue weighted by molar-refractivity contribution is -0.724. The van der Waals surface area contributed by atoms with Crippen LogP contribution in [0.3, 0.4) is 0 Å². The predicted molar refractivity (Wildman–Crippen MR) is 66.3 cm³/mol. The fourth-order valence-electron chi connectivity index (χ4n) is 1.55. The Hall–Kier alpha value is -1.13. The molecule has 0 saturated heterocycles. The molecule has 0 aliphatic carbocycles. The Morgan fingerprint density at radius 3 is 1.52 bits per heavy atom. The van der Waals surface area contributed by atoms with Crippen LogP contribution in [0, 0.1) is 7.14 Å². The SMILES string of the molecule is O=S(=O)(OC(F)(F)F)[I+](c1ccccc1)c1ccccc1. The van der Waals surface area contributed by atoms with Gasteiger partial charge in [0.05, 0.1) is 0 Å². The lowest BCUT2D eigenvalue weighted by Crippen LogP contribution is -3.87. The van der Waals surface area contributed by atoms with Gasteiger partial charge in [0.1, 0.15) is 0 Å². The molecule has 2 aromatic rings. The van der Waals surface area contributed by atoms with Crippen molar-refractivity contribution in [2.75, 3.05) is 0 Å². The van der Waals surface area contributed by atoms with Crippen molar-refractivity contribution in [2.45, 2.75) is 6.36 Å². The molecular weight excluding hydrogens is 420 g/mol. The highest BCUT2D eigenvalue weighted by Gasteiger charge is 2.51. The van der Waals surface area contributed by atoms with E-state index in [9.17, 15) is 21.6 Å². The number of benzene rings is 2. The molecule has 0 bridgehead atoms. The maximum absolute atomic E-state index is 12.4. The lowest BCUT2D eigenvalue weighted by atomic mass is 10.4. The summed E-state index contributed by atoms with van der Waals surface area (Å²) in [6.45, 7) is 0. The van der Waals surface area contributed by atoms with Gasteiger partial charge in [0.25, 0.3) is 18.4 Å². The van der Waals surface area contributed by atoms with E-state index in [1.165, 1.54) is 24.3 Å². The van der Waals surface area contributed by atoms with E-state index in [4.69, 9.17) is 0 Å². The van der Waals surface area contributed by atoms with Crippen molar-refractivity contribution in [1.82, 2.24) is 0 Å². The third-order valence-corrected chi connectivity index (χ3v) is 12.9. The molecule has 0 saturated carbocycles. The van der Waals surface area contributed by atoms with E-state index < -0.39 is 32.1 Å². The molecule has 1 radical (unpaired) electrons. The van der Waals surface area contributed by atoms with Crippen LogP contribution in [-0.2, 0) is 11.5 Å². The van der Waals surface area contributed by atoms with Crippen molar-refractivity contribution in [3.8, 4) is 0 Å². The standard InChI is InChI=1S/C13H10F3IO3S/c14-13(15,16)20-21(18,19)17(11-7-3-1-4-8-11)12-9-5-2-6-10-12/h1-10H/q+1. The molecule has 113 valence electrons. The maximum atomic E-state index is 12.4. The summed E-state index contributed by atoms with van der Waals surface area (Å²) in [6, 6.07) is 15.7. The Kier molecular flexibility index (Phi) is 4.89. The summed E-state index contributed by atoms with van der Waals surface area (Å²) in [7, 11) is -4.75. The number of rotatable bonds is 4. The van der Waals surface area contributed by atoms with Crippen LogP contribution in [0.4, 0.5) is 13.2 Å². The molecule has 3 nitrogen and oxygen atoms in total. The van der Waals surface area contributed by atoms with Crippen LogP contribution in [0.1, 0.15) is 0 Å². The van der Waals surface area contributed by atoms with Crippen molar-refractivity contribution < 1.29 is 44.2 Å². The topological polar surface area (TPSA) is 43.4 Å². The molecule has 0 fully saturated rings. The molecule has 0 atom stereocenters. The number of hydrogen-bond donors (Lipinski definition) is 0. The monoisotopic (exact) mass is 430 g/mol. The smallest absolute Gasteiger partial charge is 0.154 e. The Bertz CT molecular complexity index is 648.